The molecule has 2 N–H and O–H groups in total. The topological polar surface area (TPSA) is 90.9 Å². The Balaban J connectivity index is 1.54. The van der Waals surface area contributed by atoms with E-state index in [-0.39, 0.29) is 18.2 Å². The molecular formula is C23H22N4O3S2. The van der Waals surface area contributed by atoms with E-state index >= 15 is 0 Å². The highest BCUT2D eigenvalue weighted by Crippen LogP contribution is 2.28. The lowest BCUT2D eigenvalue weighted by Crippen LogP contribution is -2.52. The Hall–Kier alpha value is -3.30. The maximum absolute atomic E-state index is 13.1. The Kier molecular flexibility index (Phi) is 6.48. The number of rotatable bonds is 6. The fraction of sp³-hybridized carbons (Fsp3) is 0.217. The van der Waals surface area contributed by atoms with Crippen molar-refractivity contribution in [2.75, 3.05) is 11.9 Å². The number of hydrogen-bond donors (Lipinski definition) is 2. The normalized spacial score (nSPS) is 16.6. The number of benzene rings is 1. The van der Waals surface area contributed by atoms with Crippen LogP contribution in [0.25, 0.3) is 0 Å². The Labute approximate surface area is 193 Å². The van der Waals surface area contributed by atoms with E-state index in [0.717, 1.165) is 21.0 Å². The van der Waals surface area contributed by atoms with Crippen molar-refractivity contribution in [2.24, 2.45) is 4.99 Å². The van der Waals surface area contributed by atoms with E-state index < -0.39 is 18.1 Å². The number of nitrogens with zero attached hydrogens (tertiary/aromatic N) is 2. The first-order valence-electron chi connectivity index (χ1n) is 10.0. The molecule has 3 amide bonds. The molecule has 32 heavy (non-hydrogen) atoms. The number of anilines is 1. The van der Waals surface area contributed by atoms with E-state index in [1.54, 1.807) is 14.0 Å². The van der Waals surface area contributed by atoms with Gasteiger partial charge in [0.15, 0.2) is 0 Å². The second kappa shape index (κ2) is 9.46. The predicted octanol–water partition coefficient (Wildman–Crippen LogP) is 2.81. The summed E-state index contributed by atoms with van der Waals surface area (Å²) in [6, 6.07) is 14.3. The summed E-state index contributed by atoms with van der Waals surface area (Å²) in [4.78, 5) is 46.2. The molecule has 0 spiro atoms. The number of carbonyl (C=O) groups is 3. The van der Waals surface area contributed by atoms with E-state index in [0.29, 0.717) is 5.71 Å². The molecule has 2 atom stereocenters. The van der Waals surface area contributed by atoms with Crippen LogP contribution < -0.4 is 15.5 Å². The predicted molar refractivity (Wildman–Crippen MR) is 127 cm³/mol. The van der Waals surface area contributed by atoms with Crippen molar-refractivity contribution in [1.29, 1.82) is 0 Å². The summed E-state index contributed by atoms with van der Waals surface area (Å²) in [7, 11) is 1.67. The van der Waals surface area contributed by atoms with Gasteiger partial charge in [-0.1, -0.05) is 30.3 Å². The van der Waals surface area contributed by atoms with Gasteiger partial charge in [0.1, 0.15) is 6.04 Å². The molecule has 3 aromatic rings. The maximum Gasteiger partial charge on any atom is 0.272 e. The summed E-state index contributed by atoms with van der Waals surface area (Å²) in [6.07, 6.45) is -0.898. The number of nitrogens with one attached hydrogen (secondary N) is 2. The van der Waals surface area contributed by atoms with Gasteiger partial charge in [0.25, 0.3) is 5.91 Å². The third-order valence-electron chi connectivity index (χ3n) is 5.06. The number of aliphatic imine (C=N–C) groups is 1. The molecule has 164 valence electrons. The molecule has 1 unspecified atom stereocenters. The second-order valence-corrected chi connectivity index (χ2v) is 9.31. The third-order valence-corrected chi connectivity index (χ3v) is 6.82. The van der Waals surface area contributed by atoms with E-state index in [1.165, 1.54) is 27.6 Å². The standard InChI is InChI=1S/C23H22N4O3S2/c1-14(24-19(28)13-15-7-5-11-31-15)22(29)26-21-23(30)27(2)17-9-4-3-8-16(17)20(25-21)18-10-6-12-32-18/h3-12,14,21H,13H2,1-2H3,(H,24,28)(H,26,29)/t14-,21?/m0/s1. The zero-order valence-corrected chi connectivity index (χ0v) is 19.2. The molecule has 2 aromatic heterocycles. The highest BCUT2D eigenvalue weighted by molar-refractivity contribution is 7.12. The van der Waals surface area contributed by atoms with Crippen molar-refractivity contribution in [3.8, 4) is 0 Å². The van der Waals surface area contributed by atoms with Gasteiger partial charge in [-0.2, -0.15) is 0 Å². The molecule has 0 radical (unpaired) electrons. The first-order valence-corrected chi connectivity index (χ1v) is 11.8. The van der Waals surface area contributed by atoms with Crippen LogP contribution in [0.1, 0.15) is 22.2 Å². The van der Waals surface area contributed by atoms with Crippen molar-refractivity contribution in [3.63, 3.8) is 0 Å². The zero-order valence-electron chi connectivity index (χ0n) is 17.6. The molecule has 0 saturated carbocycles. The SMILES string of the molecule is C[C@H](NC(=O)Cc1cccs1)C(=O)NC1N=C(c2cccs2)c2ccccc2N(C)C1=O. The van der Waals surface area contributed by atoms with Crippen molar-refractivity contribution in [2.45, 2.75) is 25.6 Å². The van der Waals surface area contributed by atoms with E-state index in [4.69, 9.17) is 0 Å². The smallest absolute Gasteiger partial charge is 0.272 e. The first-order chi connectivity index (χ1) is 15.4. The number of carbonyl (C=O) groups excluding carboxylic acids is 3. The lowest BCUT2D eigenvalue weighted by Gasteiger charge is -2.22. The van der Waals surface area contributed by atoms with Crippen LogP contribution in [0.2, 0.25) is 0 Å². The number of likely N-dealkylation sites (N-methyl/N-ethyl adjacent to an activating group) is 1. The minimum atomic E-state index is -1.10. The van der Waals surface area contributed by atoms with Gasteiger partial charge in [-0.3, -0.25) is 14.4 Å². The van der Waals surface area contributed by atoms with Crippen molar-refractivity contribution in [3.05, 3.63) is 74.6 Å². The van der Waals surface area contributed by atoms with Gasteiger partial charge in [0, 0.05) is 17.5 Å². The van der Waals surface area contributed by atoms with Gasteiger partial charge in [-0.15, -0.1) is 22.7 Å². The van der Waals surface area contributed by atoms with Gasteiger partial charge in [0.05, 0.1) is 22.7 Å². The minimum absolute atomic E-state index is 0.205. The molecule has 0 aliphatic carbocycles. The van der Waals surface area contributed by atoms with Gasteiger partial charge >= 0.3 is 0 Å². The van der Waals surface area contributed by atoms with Gasteiger partial charge in [0.2, 0.25) is 18.0 Å². The Morgan fingerprint density at radius 1 is 1.09 bits per heavy atom. The monoisotopic (exact) mass is 466 g/mol. The largest absolute Gasteiger partial charge is 0.344 e. The number of para-hydroxylation sites is 1. The van der Waals surface area contributed by atoms with Crippen LogP contribution >= 0.6 is 22.7 Å². The first kappa shape index (κ1) is 21.9. The van der Waals surface area contributed by atoms with Crippen LogP contribution in [-0.4, -0.2) is 42.7 Å². The number of benzodiazepines with no additional fused rings is 1. The van der Waals surface area contributed by atoms with E-state index in [9.17, 15) is 14.4 Å². The Morgan fingerprint density at radius 3 is 2.56 bits per heavy atom. The highest BCUT2D eigenvalue weighted by atomic mass is 32.1. The van der Waals surface area contributed by atoms with Crippen LogP contribution in [0.4, 0.5) is 5.69 Å². The van der Waals surface area contributed by atoms with Gasteiger partial charge in [-0.05, 0) is 35.9 Å². The summed E-state index contributed by atoms with van der Waals surface area (Å²) in [5.74, 6) is -1.08. The van der Waals surface area contributed by atoms with Crippen molar-refractivity contribution >= 4 is 51.8 Å². The van der Waals surface area contributed by atoms with Crippen molar-refractivity contribution in [1.82, 2.24) is 10.6 Å². The Morgan fingerprint density at radius 2 is 1.84 bits per heavy atom. The van der Waals surface area contributed by atoms with Crippen LogP contribution in [0, 0.1) is 0 Å². The third kappa shape index (κ3) is 4.63. The lowest BCUT2D eigenvalue weighted by molar-refractivity contribution is -0.130. The summed E-state index contributed by atoms with van der Waals surface area (Å²) >= 11 is 3.00. The molecule has 0 fully saturated rings. The summed E-state index contributed by atoms with van der Waals surface area (Å²) in [5.41, 5.74) is 2.19. The average Bonchev–Trinajstić information content (AvgIpc) is 3.48. The fourth-order valence-electron chi connectivity index (χ4n) is 3.42. The molecule has 9 heteroatoms. The summed E-state index contributed by atoms with van der Waals surface area (Å²) in [5, 5.41) is 9.23. The molecule has 1 aliphatic heterocycles. The molecule has 3 heterocycles. The number of fused-ring (bicyclic) bond motifs is 1. The number of thiophene rings is 2. The van der Waals surface area contributed by atoms with Crippen LogP contribution in [0.3, 0.4) is 0 Å². The van der Waals surface area contributed by atoms with Gasteiger partial charge in [-0.25, -0.2) is 4.99 Å². The zero-order chi connectivity index (χ0) is 22.7. The number of amides is 3. The fourth-order valence-corrected chi connectivity index (χ4v) is 4.85. The molecule has 0 saturated heterocycles. The van der Waals surface area contributed by atoms with Crippen LogP contribution in [0.15, 0.2) is 64.3 Å². The van der Waals surface area contributed by atoms with Crippen LogP contribution in [-0.2, 0) is 20.8 Å². The highest BCUT2D eigenvalue weighted by Gasteiger charge is 2.32. The summed E-state index contributed by atoms with van der Waals surface area (Å²) in [6.45, 7) is 1.59. The molecular weight excluding hydrogens is 444 g/mol. The second-order valence-electron chi connectivity index (χ2n) is 7.33. The Bertz CT molecular complexity index is 1160. The van der Waals surface area contributed by atoms with E-state index in [1.807, 2.05) is 59.3 Å². The minimum Gasteiger partial charge on any atom is -0.344 e. The lowest BCUT2D eigenvalue weighted by atomic mass is 10.1. The van der Waals surface area contributed by atoms with Crippen molar-refractivity contribution < 1.29 is 14.4 Å². The van der Waals surface area contributed by atoms with Gasteiger partial charge < -0.3 is 15.5 Å². The maximum atomic E-state index is 13.1. The average molecular weight is 467 g/mol. The molecule has 1 aliphatic rings. The quantitative estimate of drug-likeness (QED) is 0.585. The number of hydrogen-bond acceptors (Lipinski definition) is 6. The molecule has 1 aromatic carbocycles. The molecule has 0 bridgehead atoms. The molecule has 7 nitrogen and oxygen atoms in total. The molecule has 4 rings (SSSR count). The van der Waals surface area contributed by atoms with E-state index in [2.05, 4.69) is 15.6 Å². The van der Waals surface area contributed by atoms with Crippen LogP contribution in [0.5, 0.6) is 0 Å². The summed E-state index contributed by atoms with van der Waals surface area (Å²) < 4.78 is 0.